The smallest absolute Gasteiger partial charge is 0.309 e. The van der Waals surface area contributed by atoms with E-state index < -0.39 is 11.9 Å². The van der Waals surface area contributed by atoms with Crippen molar-refractivity contribution >= 4 is 11.9 Å². The number of carboxylic acids is 2. The number of unbranched alkanes of at least 4 members (excludes halogenated alkanes) is 1. The summed E-state index contributed by atoms with van der Waals surface area (Å²) in [5, 5.41) is 17.1. The molecule has 0 aromatic rings. The summed E-state index contributed by atoms with van der Waals surface area (Å²) in [4.78, 5) is 21.8. The number of carbonyl (C=O) groups is 2. The number of rotatable bonds is 9. The van der Waals surface area contributed by atoms with E-state index in [9.17, 15) is 9.59 Å². The van der Waals surface area contributed by atoms with Crippen LogP contribution in [0.1, 0.15) is 32.6 Å². The molecule has 0 heterocycles. The molecule has 0 rings (SSSR count). The molecule has 0 aliphatic heterocycles. The van der Waals surface area contributed by atoms with Crippen molar-refractivity contribution in [2.24, 2.45) is 0 Å². The fraction of sp³-hybridized carbons (Fsp3) is 0.800. The van der Waals surface area contributed by atoms with E-state index in [1.54, 1.807) is 0 Å². The van der Waals surface area contributed by atoms with E-state index in [1.165, 1.54) is 0 Å². The van der Waals surface area contributed by atoms with Gasteiger partial charge in [-0.05, 0) is 6.42 Å². The van der Waals surface area contributed by atoms with E-state index in [0.717, 1.165) is 24.3 Å². The van der Waals surface area contributed by atoms with Crippen LogP contribution in [0, 0.1) is 0 Å². The van der Waals surface area contributed by atoms with Crippen LogP contribution in [0.3, 0.4) is 0 Å². The Morgan fingerprint density at radius 2 is 1.47 bits per heavy atom. The molecule has 0 saturated carbocycles. The zero-order valence-electron chi connectivity index (χ0n) is 9.16. The summed E-state index contributed by atoms with van der Waals surface area (Å²) in [5.41, 5.74) is 0. The highest BCUT2D eigenvalue weighted by Gasteiger charge is 2.11. The van der Waals surface area contributed by atoms with Crippen molar-refractivity contribution in [3.63, 3.8) is 0 Å². The summed E-state index contributed by atoms with van der Waals surface area (Å²) in [6.07, 6.45) is 2.27. The van der Waals surface area contributed by atoms with Gasteiger partial charge in [-0.15, -0.1) is 0 Å². The number of aliphatic carboxylic acids is 2. The largest absolute Gasteiger partial charge is 0.481 e. The Morgan fingerprint density at radius 1 is 1.00 bits per heavy atom. The highest BCUT2D eigenvalue weighted by Crippen LogP contribution is 1.82. The molecule has 0 saturated heterocycles. The minimum Gasteiger partial charge on any atom is -0.481 e. The molecule has 0 amide bonds. The van der Waals surface area contributed by atoms with Crippen LogP contribution in [0.4, 0.5) is 0 Å². The van der Waals surface area contributed by atoms with Gasteiger partial charge in [-0.2, -0.15) is 0 Å². The van der Waals surface area contributed by atoms with Crippen LogP contribution in [0.2, 0.25) is 0 Å². The molecule has 3 N–H and O–H groups in total. The van der Waals surface area contributed by atoms with Crippen molar-refractivity contribution in [2.75, 3.05) is 19.6 Å². The first-order valence-corrected chi connectivity index (χ1v) is 5.33. The summed E-state index contributed by atoms with van der Waals surface area (Å²) in [6, 6.07) is 0. The van der Waals surface area contributed by atoms with Gasteiger partial charge in [0.25, 0.3) is 0 Å². The maximum Gasteiger partial charge on any atom is 0.309 e. The van der Waals surface area contributed by atoms with Gasteiger partial charge in [0, 0.05) is 0 Å². The third-order valence-corrected chi connectivity index (χ3v) is 2.27. The van der Waals surface area contributed by atoms with Gasteiger partial charge >= 0.3 is 11.9 Å². The summed E-state index contributed by atoms with van der Waals surface area (Å²) in [5.74, 6) is -1.64. The second-order valence-corrected chi connectivity index (χ2v) is 3.64. The Morgan fingerprint density at radius 3 is 1.80 bits per heavy atom. The van der Waals surface area contributed by atoms with E-state index in [0.29, 0.717) is 13.1 Å². The van der Waals surface area contributed by atoms with Crippen molar-refractivity contribution in [1.82, 2.24) is 0 Å². The first-order valence-electron chi connectivity index (χ1n) is 5.33. The lowest BCUT2D eigenvalue weighted by Gasteiger charge is -2.17. The minimum atomic E-state index is -0.820. The van der Waals surface area contributed by atoms with E-state index >= 15 is 0 Å². The van der Waals surface area contributed by atoms with Gasteiger partial charge < -0.3 is 15.1 Å². The summed E-state index contributed by atoms with van der Waals surface area (Å²) < 4.78 is 0. The van der Waals surface area contributed by atoms with Crippen LogP contribution in [0.5, 0.6) is 0 Å². The van der Waals surface area contributed by atoms with Gasteiger partial charge in [-0.3, -0.25) is 9.59 Å². The number of quaternary nitrogens is 1. The molecule has 0 fully saturated rings. The zero-order valence-corrected chi connectivity index (χ0v) is 9.16. The number of hydrogen-bond acceptors (Lipinski definition) is 2. The van der Waals surface area contributed by atoms with Crippen LogP contribution in [0.25, 0.3) is 0 Å². The zero-order chi connectivity index (χ0) is 11.7. The Hall–Kier alpha value is -1.10. The van der Waals surface area contributed by atoms with E-state index in [1.807, 2.05) is 0 Å². The van der Waals surface area contributed by atoms with Crippen LogP contribution in [-0.4, -0.2) is 41.8 Å². The fourth-order valence-corrected chi connectivity index (χ4v) is 1.37. The summed E-state index contributed by atoms with van der Waals surface area (Å²) in [7, 11) is 0. The molecule has 0 aliphatic rings. The van der Waals surface area contributed by atoms with Crippen LogP contribution < -0.4 is 4.90 Å². The lowest BCUT2D eigenvalue weighted by Crippen LogP contribution is -3.12. The molecule has 88 valence electrons. The Balaban J connectivity index is 3.82. The monoisotopic (exact) mass is 218 g/mol. The van der Waals surface area contributed by atoms with Crippen molar-refractivity contribution in [3.8, 4) is 0 Å². The Kier molecular flexibility index (Phi) is 7.62. The number of nitrogens with one attached hydrogen (secondary N) is 1. The van der Waals surface area contributed by atoms with E-state index in [2.05, 4.69) is 6.92 Å². The second kappa shape index (κ2) is 8.23. The molecule has 0 bridgehead atoms. The minimum absolute atomic E-state index is 0.110. The van der Waals surface area contributed by atoms with Crippen molar-refractivity contribution < 1.29 is 24.7 Å². The molecule has 0 radical (unpaired) electrons. The first-order chi connectivity index (χ1) is 7.06. The molecule has 5 nitrogen and oxygen atoms in total. The Bertz CT molecular complexity index is 188. The average molecular weight is 218 g/mol. The van der Waals surface area contributed by atoms with Gasteiger partial charge in [0.15, 0.2) is 0 Å². The molecule has 0 aliphatic carbocycles. The molecule has 0 aromatic heterocycles. The van der Waals surface area contributed by atoms with Crippen LogP contribution >= 0.6 is 0 Å². The number of carboxylic acid groups (broad SMARTS) is 2. The predicted octanol–water partition coefficient (Wildman–Crippen LogP) is -0.379. The molecular weight excluding hydrogens is 198 g/mol. The highest BCUT2D eigenvalue weighted by atomic mass is 16.4. The fourth-order valence-electron chi connectivity index (χ4n) is 1.37. The van der Waals surface area contributed by atoms with Crippen molar-refractivity contribution in [1.29, 1.82) is 0 Å². The van der Waals surface area contributed by atoms with Gasteiger partial charge in [0.05, 0.1) is 32.5 Å². The van der Waals surface area contributed by atoms with Crippen molar-refractivity contribution in [2.45, 2.75) is 32.6 Å². The quantitative estimate of drug-likeness (QED) is 0.493. The van der Waals surface area contributed by atoms with Gasteiger partial charge in [-0.1, -0.05) is 13.3 Å². The number of hydrogen-bond donors (Lipinski definition) is 3. The van der Waals surface area contributed by atoms with Gasteiger partial charge in [0.1, 0.15) is 0 Å². The van der Waals surface area contributed by atoms with Gasteiger partial charge in [-0.25, -0.2) is 0 Å². The lowest BCUT2D eigenvalue weighted by molar-refractivity contribution is -0.899. The summed E-state index contributed by atoms with van der Waals surface area (Å²) >= 11 is 0. The molecule has 0 aromatic carbocycles. The molecule has 0 atom stereocenters. The average Bonchev–Trinajstić information content (AvgIpc) is 2.16. The van der Waals surface area contributed by atoms with Crippen LogP contribution in [0.15, 0.2) is 0 Å². The predicted molar refractivity (Wildman–Crippen MR) is 55.0 cm³/mol. The molecule has 5 heteroatoms. The standard InChI is InChI=1S/C10H19NO4/c1-2-3-6-11(7-4-9(12)13)8-5-10(14)15/h2-8H2,1H3,(H,12,13)(H,14,15)/p+1. The lowest BCUT2D eigenvalue weighted by atomic mass is 10.2. The molecule has 0 unspecified atom stereocenters. The highest BCUT2D eigenvalue weighted by molar-refractivity contribution is 5.67. The molecule has 0 spiro atoms. The van der Waals surface area contributed by atoms with E-state index in [-0.39, 0.29) is 12.8 Å². The Labute approximate surface area is 89.7 Å². The first kappa shape index (κ1) is 13.9. The normalized spacial score (nSPS) is 10.5. The van der Waals surface area contributed by atoms with E-state index in [4.69, 9.17) is 10.2 Å². The topological polar surface area (TPSA) is 79.0 Å². The third-order valence-electron chi connectivity index (χ3n) is 2.27. The SMILES string of the molecule is CCCC[NH+](CCC(=O)O)CCC(=O)O. The molecular formula is C10H20NO4+. The van der Waals surface area contributed by atoms with Crippen molar-refractivity contribution in [3.05, 3.63) is 0 Å². The second-order valence-electron chi connectivity index (χ2n) is 3.64. The maximum absolute atomic E-state index is 10.4. The molecule has 15 heavy (non-hydrogen) atoms. The van der Waals surface area contributed by atoms with Gasteiger partial charge in [0.2, 0.25) is 0 Å². The summed E-state index contributed by atoms with van der Waals surface area (Å²) in [6.45, 7) is 3.95. The third kappa shape index (κ3) is 9.21. The maximum atomic E-state index is 10.4. The van der Waals surface area contributed by atoms with Crippen LogP contribution in [-0.2, 0) is 9.59 Å².